The Morgan fingerprint density at radius 2 is 2.00 bits per heavy atom. The predicted octanol–water partition coefficient (Wildman–Crippen LogP) is 2.18. The van der Waals surface area contributed by atoms with Crippen molar-refractivity contribution in [2.24, 2.45) is 11.8 Å². The van der Waals surface area contributed by atoms with E-state index in [1.807, 2.05) is 6.92 Å². The summed E-state index contributed by atoms with van der Waals surface area (Å²) in [4.78, 5) is 25.1. The summed E-state index contributed by atoms with van der Waals surface area (Å²) < 4.78 is 5.50. The molecule has 26 heavy (non-hydrogen) atoms. The maximum atomic E-state index is 12.2. The average molecular weight is 362 g/mol. The quantitative estimate of drug-likeness (QED) is 0.642. The number of hydrogen-bond acceptors (Lipinski definition) is 4. The second kappa shape index (κ2) is 9.69. The number of aryl methyl sites for hydroxylation is 1. The van der Waals surface area contributed by atoms with Gasteiger partial charge in [-0.1, -0.05) is 24.3 Å². The highest BCUT2D eigenvalue weighted by Crippen LogP contribution is 2.45. The van der Waals surface area contributed by atoms with E-state index in [0.29, 0.717) is 11.8 Å². The summed E-state index contributed by atoms with van der Waals surface area (Å²) in [5, 5.41) is 6.89. The molecule has 0 aliphatic carbocycles. The zero-order valence-corrected chi connectivity index (χ0v) is 15.9. The van der Waals surface area contributed by atoms with Crippen molar-refractivity contribution in [3.8, 4) is 0 Å². The van der Waals surface area contributed by atoms with Crippen LogP contribution in [0.1, 0.15) is 31.0 Å². The topological polar surface area (TPSA) is 70.1 Å². The number of likely N-dealkylation sites (tertiary alicyclic amines) is 2. The van der Waals surface area contributed by atoms with Crippen molar-refractivity contribution in [1.29, 1.82) is 0 Å². The lowest BCUT2D eigenvalue weighted by Crippen LogP contribution is -2.35. The van der Waals surface area contributed by atoms with E-state index in [-0.39, 0.29) is 18.4 Å². The van der Waals surface area contributed by atoms with Crippen LogP contribution in [-0.2, 0) is 14.3 Å². The number of carbonyl (C=O) groups is 2. The molecule has 2 fully saturated rings. The molecule has 2 aliphatic rings. The van der Waals surface area contributed by atoms with E-state index >= 15 is 0 Å². The van der Waals surface area contributed by atoms with Crippen molar-refractivity contribution in [3.63, 3.8) is 0 Å². The van der Waals surface area contributed by atoms with E-state index in [4.69, 9.17) is 14.6 Å². The first-order valence-corrected chi connectivity index (χ1v) is 9.24. The van der Waals surface area contributed by atoms with Gasteiger partial charge in [0.2, 0.25) is 5.91 Å². The lowest BCUT2D eigenvalue weighted by Gasteiger charge is -2.30. The van der Waals surface area contributed by atoms with Gasteiger partial charge < -0.3 is 19.6 Å². The fourth-order valence-corrected chi connectivity index (χ4v) is 4.30. The van der Waals surface area contributed by atoms with Crippen molar-refractivity contribution in [2.45, 2.75) is 26.8 Å². The standard InChI is InChI=1S/C19H28N2O2.CH2O2/c1-4-23-10-9-20-11-16-12-21(15(3)22)19(18(16)13-20)17-8-6-5-7-14(17)2;2-1-3/h5-8,16,18-19H,4,9-13H2,1-3H3;1H,(H,2,3)/t16-,18-,19+;/m1./s1. The highest BCUT2D eigenvalue weighted by Gasteiger charge is 2.48. The summed E-state index contributed by atoms with van der Waals surface area (Å²) in [6.07, 6.45) is 0. The maximum Gasteiger partial charge on any atom is 0.290 e. The minimum Gasteiger partial charge on any atom is -0.483 e. The summed E-state index contributed by atoms with van der Waals surface area (Å²) in [6, 6.07) is 8.75. The van der Waals surface area contributed by atoms with E-state index < -0.39 is 0 Å². The van der Waals surface area contributed by atoms with Gasteiger partial charge in [-0.05, 0) is 30.9 Å². The molecule has 0 radical (unpaired) electrons. The lowest BCUT2D eigenvalue weighted by molar-refractivity contribution is -0.130. The number of rotatable bonds is 5. The summed E-state index contributed by atoms with van der Waals surface area (Å²) >= 11 is 0. The lowest BCUT2D eigenvalue weighted by atomic mass is 9.87. The van der Waals surface area contributed by atoms with Crippen LogP contribution in [0.5, 0.6) is 0 Å². The second-order valence-electron chi connectivity index (χ2n) is 6.96. The van der Waals surface area contributed by atoms with Crippen LogP contribution in [0.4, 0.5) is 0 Å². The number of carbonyl (C=O) groups excluding carboxylic acids is 1. The van der Waals surface area contributed by atoms with Gasteiger partial charge in [0.25, 0.3) is 6.47 Å². The number of carboxylic acid groups (broad SMARTS) is 1. The summed E-state index contributed by atoms with van der Waals surface area (Å²) in [6.45, 7) is 11.3. The second-order valence-corrected chi connectivity index (χ2v) is 6.96. The van der Waals surface area contributed by atoms with Gasteiger partial charge in [0.05, 0.1) is 12.6 Å². The number of hydrogen-bond donors (Lipinski definition) is 1. The molecule has 0 saturated carbocycles. The molecule has 6 heteroatoms. The molecule has 0 bridgehead atoms. The smallest absolute Gasteiger partial charge is 0.290 e. The first-order chi connectivity index (χ1) is 12.5. The van der Waals surface area contributed by atoms with Crippen LogP contribution >= 0.6 is 0 Å². The molecule has 2 aliphatic heterocycles. The summed E-state index contributed by atoms with van der Waals surface area (Å²) in [5.74, 6) is 1.33. The molecule has 0 aromatic heterocycles. The molecule has 2 heterocycles. The zero-order chi connectivity index (χ0) is 19.1. The molecule has 1 aromatic carbocycles. The molecule has 6 nitrogen and oxygen atoms in total. The Labute approximate surface area is 155 Å². The van der Waals surface area contributed by atoms with Gasteiger partial charge in [0.15, 0.2) is 0 Å². The molecule has 3 rings (SSSR count). The zero-order valence-electron chi connectivity index (χ0n) is 15.9. The molecule has 144 valence electrons. The van der Waals surface area contributed by atoms with Crippen molar-refractivity contribution >= 4 is 12.4 Å². The van der Waals surface area contributed by atoms with Gasteiger partial charge >= 0.3 is 0 Å². The Kier molecular flexibility index (Phi) is 7.60. The Hall–Kier alpha value is -1.92. The van der Waals surface area contributed by atoms with Gasteiger partial charge in [-0.15, -0.1) is 0 Å². The largest absolute Gasteiger partial charge is 0.483 e. The Bertz CT molecular complexity index is 607. The van der Waals surface area contributed by atoms with Crippen LogP contribution in [0.2, 0.25) is 0 Å². The van der Waals surface area contributed by atoms with Gasteiger partial charge in [0, 0.05) is 45.6 Å². The van der Waals surface area contributed by atoms with Crippen LogP contribution in [-0.4, -0.2) is 66.7 Å². The number of fused-ring (bicyclic) bond motifs is 1. The molecule has 3 atom stereocenters. The number of nitrogens with zero attached hydrogens (tertiary/aromatic N) is 2. The molecule has 1 amide bonds. The van der Waals surface area contributed by atoms with Crippen LogP contribution in [0, 0.1) is 18.8 Å². The van der Waals surface area contributed by atoms with Crippen molar-refractivity contribution in [3.05, 3.63) is 35.4 Å². The number of benzene rings is 1. The Balaban J connectivity index is 0.000000758. The van der Waals surface area contributed by atoms with Gasteiger partial charge in [-0.25, -0.2) is 0 Å². The van der Waals surface area contributed by atoms with E-state index in [1.54, 1.807) is 6.92 Å². The molecule has 0 unspecified atom stereocenters. The fourth-order valence-electron chi connectivity index (χ4n) is 4.30. The third-order valence-electron chi connectivity index (χ3n) is 5.41. The van der Waals surface area contributed by atoms with Crippen molar-refractivity contribution in [2.75, 3.05) is 39.4 Å². The van der Waals surface area contributed by atoms with Crippen LogP contribution in [0.3, 0.4) is 0 Å². The Morgan fingerprint density at radius 3 is 2.62 bits per heavy atom. The Morgan fingerprint density at radius 1 is 1.31 bits per heavy atom. The highest BCUT2D eigenvalue weighted by molar-refractivity contribution is 5.74. The van der Waals surface area contributed by atoms with Crippen LogP contribution < -0.4 is 0 Å². The van der Waals surface area contributed by atoms with Gasteiger partial charge in [-0.2, -0.15) is 0 Å². The molecule has 2 saturated heterocycles. The van der Waals surface area contributed by atoms with Crippen LogP contribution in [0.15, 0.2) is 24.3 Å². The predicted molar refractivity (Wildman–Crippen MR) is 99.9 cm³/mol. The molecular formula is C20H30N2O4. The SMILES string of the molecule is CCOCCN1C[C@@H]2CN(C(C)=O)[C@@H](c3ccccc3C)[C@@H]2C1.O=CO. The minimum absolute atomic E-state index is 0.202. The van der Waals surface area contributed by atoms with E-state index in [0.717, 1.165) is 39.4 Å². The summed E-state index contributed by atoms with van der Waals surface area (Å²) in [5.41, 5.74) is 2.61. The van der Waals surface area contributed by atoms with E-state index in [1.165, 1.54) is 11.1 Å². The first kappa shape index (κ1) is 20.4. The van der Waals surface area contributed by atoms with Crippen molar-refractivity contribution in [1.82, 2.24) is 9.80 Å². The van der Waals surface area contributed by atoms with E-state index in [9.17, 15) is 4.79 Å². The third-order valence-corrected chi connectivity index (χ3v) is 5.41. The monoisotopic (exact) mass is 362 g/mol. The number of amides is 1. The molecular weight excluding hydrogens is 332 g/mol. The fraction of sp³-hybridized carbons (Fsp3) is 0.600. The van der Waals surface area contributed by atoms with E-state index in [2.05, 4.69) is 41.0 Å². The molecule has 0 spiro atoms. The minimum atomic E-state index is -0.250. The highest BCUT2D eigenvalue weighted by atomic mass is 16.5. The first-order valence-electron chi connectivity index (χ1n) is 9.24. The molecule has 1 aromatic rings. The maximum absolute atomic E-state index is 12.2. The molecule has 1 N–H and O–H groups in total. The third kappa shape index (κ3) is 4.62. The number of ether oxygens (including phenoxy) is 1. The van der Waals surface area contributed by atoms with Crippen LogP contribution in [0.25, 0.3) is 0 Å². The van der Waals surface area contributed by atoms with Crippen molar-refractivity contribution < 1.29 is 19.4 Å². The average Bonchev–Trinajstić information content (AvgIpc) is 3.14. The summed E-state index contributed by atoms with van der Waals surface area (Å²) in [7, 11) is 0. The normalized spacial score (nSPS) is 24.7. The van der Waals surface area contributed by atoms with Gasteiger partial charge in [-0.3, -0.25) is 9.59 Å². The van der Waals surface area contributed by atoms with Gasteiger partial charge in [0.1, 0.15) is 0 Å².